The number of carbonyl (C=O) groups excluding carboxylic acids is 3. The van der Waals surface area contributed by atoms with Crippen molar-refractivity contribution in [3.05, 3.63) is 59.7 Å². The molecule has 2 aromatic rings. The van der Waals surface area contributed by atoms with Gasteiger partial charge in [-0.05, 0) is 50.2 Å². The molecule has 0 unspecified atom stereocenters. The van der Waals surface area contributed by atoms with Gasteiger partial charge in [0.15, 0.2) is 5.17 Å². The number of anilines is 1. The van der Waals surface area contributed by atoms with E-state index in [4.69, 9.17) is 4.74 Å². The second-order valence-electron chi connectivity index (χ2n) is 6.40. The van der Waals surface area contributed by atoms with E-state index in [-0.39, 0.29) is 18.2 Å². The van der Waals surface area contributed by atoms with Gasteiger partial charge >= 0.3 is 5.97 Å². The van der Waals surface area contributed by atoms with Crippen molar-refractivity contribution in [2.75, 3.05) is 11.9 Å². The lowest BCUT2D eigenvalue weighted by Crippen LogP contribution is -2.41. The lowest BCUT2D eigenvalue weighted by Gasteiger charge is -2.22. The molecule has 1 atom stereocenters. The highest BCUT2D eigenvalue weighted by atomic mass is 32.2. The smallest absolute Gasteiger partial charge is 0.338 e. The summed E-state index contributed by atoms with van der Waals surface area (Å²) >= 11 is 1.21. The Morgan fingerprint density at radius 2 is 1.86 bits per heavy atom. The van der Waals surface area contributed by atoms with Crippen molar-refractivity contribution in [2.24, 2.45) is 4.99 Å². The molecule has 0 bridgehead atoms. The number of aryl methyl sites for hydroxylation is 1. The minimum atomic E-state index is -0.599. The number of hydrogen-bond acceptors (Lipinski definition) is 6. The molecule has 2 N–H and O–H groups in total. The number of carbonyl (C=O) groups is 3. The Morgan fingerprint density at radius 1 is 1.17 bits per heavy atom. The Kier molecular flexibility index (Phi) is 6.66. The van der Waals surface area contributed by atoms with Crippen molar-refractivity contribution in [1.29, 1.82) is 0 Å². The van der Waals surface area contributed by atoms with Gasteiger partial charge in [0.2, 0.25) is 11.8 Å². The Bertz CT molecular complexity index is 939. The molecule has 1 aliphatic heterocycles. The summed E-state index contributed by atoms with van der Waals surface area (Å²) < 4.78 is 4.94. The van der Waals surface area contributed by atoms with E-state index in [1.165, 1.54) is 11.8 Å². The van der Waals surface area contributed by atoms with Crippen LogP contribution in [0.4, 0.5) is 11.4 Å². The molecular formula is C21H21N3O4S. The van der Waals surface area contributed by atoms with Crippen LogP contribution in [0.5, 0.6) is 0 Å². The summed E-state index contributed by atoms with van der Waals surface area (Å²) in [5, 5.41) is 5.27. The van der Waals surface area contributed by atoms with Crippen LogP contribution in [0, 0.1) is 6.92 Å². The van der Waals surface area contributed by atoms with Crippen molar-refractivity contribution >= 4 is 46.1 Å². The average Bonchev–Trinajstić information content (AvgIpc) is 2.70. The summed E-state index contributed by atoms with van der Waals surface area (Å²) in [6.45, 7) is 4.01. The first-order valence-electron chi connectivity index (χ1n) is 9.14. The summed E-state index contributed by atoms with van der Waals surface area (Å²) in [5.41, 5.74) is 2.75. The van der Waals surface area contributed by atoms with Crippen LogP contribution in [0.2, 0.25) is 0 Å². The maximum atomic E-state index is 12.6. The predicted molar refractivity (Wildman–Crippen MR) is 113 cm³/mol. The maximum Gasteiger partial charge on any atom is 0.338 e. The maximum absolute atomic E-state index is 12.6. The molecule has 1 saturated heterocycles. The van der Waals surface area contributed by atoms with Crippen LogP contribution < -0.4 is 10.6 Å². The number of ether oxygens (including phenoxy) is 1. The third kappa shape index (κ3) is 5.68. The van der Waals surface area contributed by atoms with Crippen molar-refractivity contribution in [3.63, 3.8) is 0 Å². The zero-order valence-electron chi connectivity index (χ0n) is 16.1. The summed E-state index contributed by atoms with van der Waals surface area (Å²) in [5.74, 6) is -0.973. The fourth-order valence-corrected chi connectivity index (χ4v) is 3.61. The van der Waals surface area contributed by atoms with Crippen molar-refractivity contribution in [3.8, 4) is 0 Å². The fourth-order valence-electron chi connectivity index (χ4n) is 2.61. The minimum absolute atomic E-state index is 0.0598. The fraction of sp³-hybridized carbons (Fsp3) is 0.238. The molecule has 2 amide bonds. The average molecular weight is 411 g/mol. The van der Waals surface area contributed by atoms with Crippen molar-refractivity contribution < 1.29 is 19.1 Å². The van der Waals surface area contributed by atoms with Crippen LogP contribution in [0.15, 0.2) is 53.5 Å². The highest BCUT2D eigenvalue weighted by Gasteiger charge is 2.30. The highest BCUT2D eigenvalue weighted by molar-refractivity contribution is 8.15. The number of hydrogen-bond donors (Lipinski definition) is 2. The third-order valence-electron chi connectivity index (χ3n) is 4.09. The molecule has 29 heavy (non-hydrogen) atoms. The number of rotatable bonds is 5. The molecule has 1 heterocycles. The SMILES string of the molecule is CCOC(=O)c1ccc(NC(=O)[C@H]2CC(=O)NC(=Nc3ccc(C)cc3)S2)cc1. The third-order valence-corrected chi connectivity index (χ3v) is 5.17. The van der Waals surface area contributed by atoms with Crippen LogP contribution in [0.1, 0.15) is 29.3 Å². The number of benzene rings is 2. The largest absolute Gasteiger partial charge is 0.462 e. The number of nitrogens with zero attached hydrogens (tertiary/aromatic N) is 1. The van der Waals surface area contributed by atoms with Crippen LogP contribution in [-0.4, -0.2) is 34.8 Å². The summed E-state index contributed by atoms with van der Waals surface area (Å²) in [7, 11) is 0. The lowest BCUT2D eigenvalue weighted by molar-refractivity contribution is -0.123. The quantitative estimate of drug-likeness (QED) is 0.735. The number of amidine groups is 1. The van der Waals surface area contributed by atoms with Crippen LogP contribution >= 0.6 is 11.8 Å². The highest BCUT2D eigenvalue weighted by Crippen LogP contribution is 2.25. The molecule has 150 valence electrons. The first-order chi connectivity index (χ1) is 13.9. The van der Waals surface area contributed by atoms with E-state index in [2.05, 4.69) is 15.6 Å². The Hall–Kier alpha value is -3.13. The van der Waals surface area contributed by atoms with Crippen LogP contribution in [-0.2, 0) is 14.3 Å². The Balaban J connectivity index is 1.66. The van der Waals surface area contributed by atoms with Crippen molar-refractivity contribution in [1.82, 2.24) is 5.32 Å². The number of aliphatic imine (C=N–C) groups is 1. The number of thioether (sulfide) groups is 1. The molecule has 7 nitrogen and oxygen atoms in total. The van der Waals surface area contributed by atoms with Gasteiger partial charge in [0, 0.05) is 12.1 Å². The first kappa shape index (κ1) is 20.6. The second-order valence-corrected chi connectivity index (χ2v) is 7.59. The summed E-state index contributed by atoms with van der Waals surface area (Å²) in [4.78, 5) is 40.8. The van der Waals surface area contributed by atoms with E-state index < -0.39 is 11.2 Å². The van der Waals surface area contributed by atoms with E-state index in [9.17, 15) is 14.4 Å². The van der Waals surface area contributed by atoms with Gasteiger partial charge in [-0.2, -0.15) is 0 Å². The molecule has 1 aliphatic rings. The van der Waals surface area contributed by atoms with Gasteiger partial charge in [-0.3, -0.25) is 9.59 Å². The Morgan fingerprint density at radius 3 is 2.52 bits per heavy atom. The van der Waals surface area contributed by atoms with Crippen molar-refractivity contribution in [2.45, 2.75) is 25.5 Å². The molecule has 1 fully saturated rings. The molecule has 3 rings (SSSR count). The summed E-state index contributed by atoms with van der Waals surface area (Å²) in [6.07, 6.45) is 0.0598. The van der Waals surface area contributed by atoms with E-state index in [1.807, 2.05) is 31.2 Å². The number of esters is 1. The first-order valence-corrected chi connectivity index (χ1v) is 10.0. The molecule has 0 spiro atoms. The van der Waals surface area contributed by atoms with Gasteiger partial charge in [-0.1, -0.05) is 29.5 Å². The molecule has 0 aliphatic carbocycles. The van der Waals surface area contributed by atoms with Crippen LogP contribution in [0.3, 0.4) is 0 Å². The summed E-state index contributed by atoms with van der Waals surface area (Å²) in [6, 6.07) is 14.0. The van der Waals surface area contributed by atoms with Gasteiger partial charge in [-0.25, -0.2) is 9.79 Å². The van der Waals surface area contributed by atoms with E-state index in [0.717, 1.165) is 5.56 Å². The van der Waals surface area contributed by atoms with Gasteiger partial charge in [-0.15, -0.1) is 0 Å². The van der Waals surface area contributed by atoms with E-state index >= 15 is 0 Å². The van der Waals surface area contributed by atoms with Gasteiger partial charge < -0.3 is 15.4 Å². The second kappa shape index (κ2) is 9.38. The van der Waals surface area contributed by atoms with E-state index in [1.54, 1.807) is 31.2 Å². The normalized spacial score (nSPS) is 17.5. The number of amides is 2. The number of nitrogens with one attached hydrogen (secondary N) is 2. The standard InChI is InChI=1S/C21H21N3O4S/c1-3-28-20(27)14-6-10-15(11-7-14)22-19(26)17-12-18(25)24-21(29-17)23-16-8-4-13(2)5-9-16/h4-11,17H,3,12H2,1-2H3,(H,22,26)(H,23,24,25)/t17-/m1/s1. The molecule has 0 aromatic heterocycles. The van der Waals surface area contributed by atoms with Crippen LogP contribution in [0.25, 0.3) is 0 Å². The molecule has 2 aromatic carbocycles. The molecular weight excluding hydrogens is 390 g/mol. The molecule has 8 heteroatoms. The molecule has 0 saturated carbocycles. The predicted octanol–water partition coefficient (Wildman–Crippen LogP) is 3.42. The lowest BCUT2D eigenvalue weighted by atomic mass is 10.2. The zero-order chi connectivity index (χ0) is 20.8. The minimum Gasteiger partial charge on any atom is -0.462 e. The van der Waals surface area contributed by atoms with Gasteiger partial charge in [0.25, 0.3) is 0 Å². The Labute approximate surface area is 172 Å². The van der Waals surface area contributed by atoms with Gasteiger partial charge in [0.1, 0.15) is 5.25 Å². The molecule has 0 radical (unpaired) electrons. The zero-order valence-corrected chi connectivity index (χ0v) is 16.9. The monoisotopic (exact) mass is 411 g/mol. The van der Waals surface area contributed by atoms with Gasteiger partial charge in [0.05, 0.1) is 17.9 Å². The topological polar surface area (TPSA) is 96.9 Å². The van der Waals surface area contributed by atoms with E-state index in [0.29, 0.717) is 28.7 Å².